The molecule has 0 radical (unpaired) electrons. The molecule has 3 rings (SSSR count). The van der Waals surface area contributed by atoms with Gasteiger partial charge in [0, 0.05) is 6.54 Å². The van der Waals surface area contributed by atoms with E-state index in [-0.39, 0.29) is 13.2 Å². The number of benzene rings is 2. The average molecular weight is 365 g/mol. The Balaban J connectivity index is 1.66. The zero-order valence-corrected chi connectivity index (χ0v) is 15.6. The second kappa shape index (κ2) is 8.08. The molecule has 5 nitrogen and oxygen atoms in total. The Morgan fingerprint density at radius 3 is 2.00 bits per heavy atom. The van der Waals surface area contributed by atoms with Crippen LogP contribution in [0.5, 0.6) is 0 Å². The molecule has 0 aliphatic carbocycles. The van der Waals surface area contributed by atoms with Crippen molar-refractivity contribution in [2.45, 2.75) is 32.6 Å². The Labute approximate surface area is 159 Å². The zero-order valence-electron chi connectivity index (χ0n) is 15.6. The summed E-state index contributed by atoms with van der Waals surface area (Å²) in [6.45, 7) is 4.16. The molecule has 0 saturated carbocycles. The van der Waals surface area contributed by atoms with Gasteiger partial charge in [0.2, 0.25) is 0 Å². The number of hydrogen-bond acceptors (Lipinski definition) is 4. The summed E-state index contributed by atoms with van der Waals surface area (Å²) in [5.74, 6) is -0.464. The molecule has 0 N–H and O–H groups in total. The summed E-state index contributed by atoms with van der Waals surface area (Å²) in [6.07, 6.45) is 1.32. The quantitative estimate of drug-likeness (QED) is 0.592. The van der Waals surface area contributed by atoms with Gasteiger partial charge in [0.05, 0.1) is 0 Å². The fraction of sp³-hybridized carbons (Fsp3) is 0.273. The van der Waals surface area contributed by atoms with E-state index in [1.54, 1.807) is 6.92 Å². The lowest BCUT2D eigenvalue weighted by Crippen LogP contribution is -2.53. The number of esters is 1. The van der Waals surface area contributed by atoms with Crippen LogP contribution in [0.25, 0.3) is 0 Å². The van der Waals surface area contributed by atoms with Crippen molar-refractivity contribution in [3.8, 4) is 0 Å². The van der Waals surface area contributed by atoms with Gasteiger partial charge in [-0.15, -0.1) is 0 Å². The number of carbonyl (C=O) groups excluding carboxylic acids is 2. The van der Waals surface area contributed by atoms with Crippen LogP contribution in [-0.2, 0) is 27.5 Å². The van der Waals surface area contributed by atoms with E-state index in [2.05, 4.69) is 0 Å². The maximum Gasteiger partial charge on any atom is 0.411 e. The summed E-state index contributed by atoms with van der Waals surface area (Å²) in [5.41, 5.74) is 1.40. The Hall–Kier alpha value is -3.08. The third-order valence-electron chi connectivity index (χ3n) is 4.92. The normalized spacial score (nSPS) is 18.7. The summed E-state index contributed by atoms with van der Waals surface area (Å²) in [4.78, 5) is 26.9. The van der Waals surface area contributed by atoms with E-state index in [0.29, 0.717) is 6.54 Å². The predicted octanol–water partition coefficient (Wildman–Crippen LogP) is 4.09. The van der Waals surface area contributed by atoms with Crippen LogP contribution in [0.2, 0.25) is 0 Å². The van der Waals surface area contributed by atoms with Gasteiger partial charge in [-0.3, -0.25) is 4.90 Å². The van der Waals surface area contributed by atoms with Gasteiger partial charge in [0.1, 0.15) is 13.2 Å². The molecule has 1 heterocycles. The highest BCUT2D eigenvalue weighted by atomic mass is 16.6. The Morgan fingerprint density at radius 1 is 0.926 bits per heavy atom. The lowest BCUT2D eigenvalue weighted by molar-refractivity contribution is -0.154. The molecular weight excluding hydrogens is 342 g/mol. The van der Waals surface area contributed by atoms with Crippen LogP contribution in [0, 0.1) is 0 Å². The Bertz CT molecular complexity index is 832. The van der Waals surface area contributed by atoms with Crippen LogP contribution < -0.4 is 0 Å². The van der Waals surface area contributed by atoms with Crippen LogP contribution in [0.3, 0.4) is 0 Å². The minimum absolute atomic E-state index is 0.157. The lowest BCUT2D eigenvalue weighted by Gasteiger charge is -2.34. The fourth-order valence-electron chi connectivity index (χ4n) is 3.01. The summed E-state index contributed by atoms with van der Waals surface area (Å²) in [6, 6.07) is 18.9. The first-order valence-electron chi connectivity index (χ1n) is 8.88. The van der Waals surface area contributed by atoms with Gasteiger partial charge < -0.3 is 9.47 Å². The van der Waals surface area contributed by atoms with E-state index in [9.17, 15) is 9.59 Å². The monoisotopic (exact) mass is 365 g/mol. The molecule has 0 spiro atoms. The number of ether oxygens (including phenoxy) is 2. The van der Waals surface area contributed by atoms with Gasteiger partial charge >= 0.3 is 12.1 Å². The second-order valence-corrected chi connectivity index (χ2v) is 6.67. The molecular formula is C22H23NO4. The van der Waals surface area contributed by atoms with Crippen molar-refractivity contribution in [3.63, 3.8) is 0 Å². The van der Waals surface area contributed by atoms with Gasteiger partial charge in [-0.05, 0) is 30.5 Å². The molecule has 1 aliphatic heterocycles. The molecule has 1 atom stereocenters. The van der Waals surface area contributed by atoms with Crippen molar-refractivity contribution in [1.29, 1.82) is 0 Å². The zero-order chi connectivity index (χ0) is 19.3. The van der Waals surface area contributed by atoms with Crippen LogP contribution in [0.4, 0.5) is 4.79 Å². The fourth-order valence-corrected chi connectivity index (χ4v) is 3.01. The highest BCUT2D eigenvalue weighted by molar-refractivity contribution is 5.90. The highest BCUT2D eigenvalue weighted by Gasteiger charge is 2.48. The summed E-state index contributed by atoms with van der Waals surface area (Å²) < 4.78 is 10.9. The predicted molar refractivity (Wildman–Crippen MR) is 102 cm³/mol. The van der Waals surface area contributed by atoms with Crippen LogP contribution >= 0.6 is 0 Å². The van der Waals surface area contributed by atoms with Gasteiger partial charge in [0.15, 0.2) is 5.54 Å². The molecule has 5 heteroatoms. The maximum atomic E-state index is 12.8. The smallest absolute Gasteiger partial charge is 0.411 e. The standard InChI is InChI=1S/C22H23NO4/c1-17-13-14-23(21(25)27-16-19-11-7-4-8-12-19)22(17,2)20(24)26-15-18-9-5-3-6-10-18/h3-13H,14-16H2,1-2H3. The van der Waals surface area contributed by atoms with Crippen molar-refractivity contribution in [3.05, 3.63) is 83.4 Å². The molecule has 2 aromatic carbocycles. The SMILES string of the molecule is CC1=CCN(C(=O)OCc2ccccc2)C1(C)C(=O)OCc1ccccc1. The van der Waals surface area contributed by atoms with Crippen molar-refractivity contribution in [2.24, 2.45) is 0 Å². The third kappa shape index (κ3) is 4.03. The van der Waals surface area contributed by atoms with E-state index in [4.69, 9.17) is 9.47 Å². The summed E-state index contributed by atoms with van der Waals surface area (Å²) in [5, 5.41) is 0. The van der Waals surface area contributed by atoms with E-state index >= 15 is 0 Å². The van der Waals surface area contributed by atoms with Crippen molar-refractivity contribution in [2.75, 3.05) is 6.54 Å². The topological polar surface area (TPSA) is 55.8 Å². The molecule has 1 unspecified atom stereocenters. The first kappa shape index (κ1) is 18.7. The molecule has 0 bridgehead atoms. The van der Waals surface area contributed by atoms with E-state index in [1.807, 2.05) is 73.7 Å². The molecule has 0 aromatic heterocycles. The third-order valence-corrected chi connectivity index (χ3v) is 4.92. The van der Waals surface area contributed by atoms with Gasteiger partial charge in [-0.2, -0.15) is 0 Å². The molecule has 0 fully saturated rings. The van der Waals surface area contributed by atoms with Gasteiger partial charge in [-0.1, -0.05) is 66.7 Å². The number of amides is 1. The second-order valence-electron chi connectivity index (χ2n) is 6.67. The van der Waals surface area contributed by atoms with Crippen molar-refractivity contribution in [1.82, 2.24) is 4.90 Å². The summed E-state index contributed by atoms with van der Waals surface area (Å²) in [7, 11) is 0. The molecule has 0 saturated heterocycles. The van der Waals surface area contributed by atoms with E-state index in [0.717, 1.165) is 16.7 Å². The van der Waals surface area contributed by atoms with Crippen LogP contribution in [-0.4, -0.2) is 29.0 Å². The van der Waals surface area contributed by atoms with E-state index in [1.165, 1.54) is 4.90 Å². The molecule has 27 heavy (non-hydrogen) atoms. The van der Waals surface area contributed by atoms with Gasteiger partial charge in [0.25, 0.3) is 0 Å². The first-order chi connectivity index (χ1) is 13.0. The molecule has 1 aliphatic rings. The maximum absolute atomic E-state index is 12.8. The van der Waals surface area contributed by atoms with Gasteiger partial charge in [-0.25, -0.2) is 9.59 Å². The number of hydrogen-bond donors (Lipinski definition) is 0. The Kier molecular flexibility index (Phi) is 5.60. The molecule has 2 aromatic rings. The van der Waals surface area contributed by atoms with Crippen molar-refractivity contribution >= 4 is 12.1 Å². The minimum Gasteiger partial charge on any atom is -0.459 e. The first-order valence-corrected chi connectivity index (χ1v) is 8.88. The van der Waals surface area contributed by atoms with E-state index < -0.39 is 17.6 Å². The molecule has 1 amide bonds. The molecule has 140 valence electrons. The van der Waals surface area contributed by atoms with Crippen LogP contribution in [0.1, 0.15) is 25.0 Å². The largest absolute Gasteiger partial charge is 0.459 e. The highest BCUT2D eigenvalue weighted by Crippen LogP contribution is 2.32. The lowest BCUT2D eigenvalue weighted by atomic mass is 9.94. The minimum atomic E-state index is -1.16. The van der Waals surface area contributed by atoms with Crippen molar-refractivity contribution < 1.29 is 19.1 Å². The van der Waals surface area contributed by atoms with Crippen LogP contribution in [0.15, 0.2) is 72.3 Å². The summed E-state index contributed by atoms with van der Waals surface area (Å²) >= 11 is 0. The number of rotatable bonds is 5. The number of nitrogens with zero attached hydrogens (tertiary/aromatic N) is 1. The average Bonchev–Trinajstić information content (AvgIpc) is 3.01. The Morgan fingerprint density at radius 2 is 1.44 bits per heavy atom. The number of carbonyl (C=O) groups is 2.